The van der Waals surface area contributed by atoms with E-state index in [9.17, 15) is 18.0 Å². The van der Waals surface area contributed by atoms with E-state index in [1.807, 2.05) is 4.90 Å². The normalized spacial score (nSPS) is 18.5. The summed E-state index contributed by atoms with van der Waals surface area (Å²) in [5, 5.41) is 2.84. The average molecular weight is 442 g/mol. The summed E-state index contributed by atoms with van der Waals surface area (Å²) in [5.74, 6) is -0.339. The number of hydrogen-bond donors (Lipinski definition) is 1. The molecule has 0 unspecified atom stereocenters. The Balaban J connectivity index is 1.55. The van der Waals surface area contributed by atoms with Crippen molar-refractivity contribution in [1.82, 2.24) is 4.90 Å². The van der Waals surface area contributed by atoms with Gasteiger partial charge in [0.25, 0.3) is 11.8 Å². The number of anilines is 2. The number of nitrogens with one attached hydrogen (secondary N) is 1. The molecular weight excluding hydrogens is 414 g/mol. The van der Waals surface area contributed by atoms with Gasteiger partial charge in [-0.1, -0.05) is 18.2 Å². The highest BCUT2D eigenvalue weighted by atomic mass is 32.2. The van der Waals surface area contributed by atoms with Crippen LogP contribution < -0.4 is 9.62 Å². The van der Waals surface area contributed by atoms with Crippen LogP contribution in [0.1, 0.15) is 52.8 Å². The van der Waals surface area contributed by atoms with Crippen LogP contribution in [0.3, 0.4) is 0 Å². The number of rotatable bonds is 4. The Morgan fingerprint density at radius 2 is 1.58 bits per heavy atom. The van der Waals surface area contributed by atoms with Gasteiger partial charge >= 0.3 is 0 Å². The highest BCUT2D eigenvalue weighted by Crippen LogP contribution is 2.25. The molecule has 0 bridgehead atoms. The van der Waals surface area contributed by atoms with Crippen LogP contribution in [-0.2, 0) is 10.0 Å². The molecule has 164 valence electrons. The number of sulfonamides is 1. The molecule has 0 saturated carbocycles. The van der Waals surface area contributed by atoms with E-state index in [0.717, 1.165) is 38.8 Å². The number of likely N-dealkylation sites (tertiary alicyclic amines) is 1. The van der Waals surface area contributed by atoms with E-state index in [1.165, 1.54) is 4.31 Å². The van der Waals surface area contributed by atoms with Gasteiger partial charge in [-0.05, 0) is 62.4 Å². The number of nitrogens with zero attached hydrogens (tertiary/aromatic N) is 2. The summed E-state index contributed by atoms with van der Waals surface area (Å²) in [6.45, 7) is 1.88. The molecule has 7 nitrogen and oxygen atoms in total. The average Bonchev–Trinajstić information content (AvgIpc) is 2.79. The maximum Gasteiger partial charge on any atom is 0.255 e. The minimum Gasteiger partial charge on any atom is -0.339 e. The van der Waals surface area contributed by atoms with Gasteiger partial charge in [0.1, 0.15) is 0 Å². The van der Waals surface area contributed by atoms with Crippen molar-refractivity contribution in [2.24, 2.45) is 0 Å². The van der Waals surface area contributed by atoms with E-state index in [-0.39, 0.29) is 17.6 Å². The molecular formula is C23H27N3O4S. The van der Waals surface area contributed by atoms with Crippen LogP contribution in [0.4, 0.5) is 11.4 Å². The number of benzene rings is 2. The second-order valence-electron chi connectivity index (χ2n) is 8.00. The molecule has 0 aromatic heterocycles. The first-order chi connectivity index (χ1) is 15.0. The van der Waals surface area contributed by atoms with Crippen molar-refractivity contribution in [2.45, 2.75) is 32.1 Å². The van der Waals surface area contributed by atoms with Crippen LogP contribution in [0.15, 0.2) is 48.5 Å². The molecule has 2 saturated heterocycles. The van der Waals surface area contributed by atoms with Gasteiger partial charge in [-0.2, -0.15) is 0 Å². The minimum atomic E-state index is -3.36. The molecule has 2 aliphatic rings. The van der Waals surface area contributed by atoms with E-state index in [1.54, 1.807) is 48.5 Å². The summed E-state index contributed by atoms with van der Waals surface area (Å²) in [5.41, 5.74) is 1.76. The van der Waals surface area contributed by atoms with Crippen molar-refractivity contribution < 1.29 is 18.0 Å². The topological polar surface area (TPSA) is 86.8 Å². The molecule has 0 radical (unpaired) electrons. The maximum absolute atomic E-state index is 13.0. The molecule has 2 amide bonds. The number of carbonyl (C=O) groups is 2. The number of piperidine rings is 1. The first kappa shape index (κ1) is 21.4. The van der Waals surface area contributed by atoms with E-state index >= 15 is 0 Å². The first-order valence-corrected chi connectivity index (χ1v) is 12.4. The number of para-hydroxylation sites is 1. The molecule has 2 aromatic rings. The Labute approximate surface area is 183 Å². The summed E-state index contributed by atoms with van der Waals surface area (Å²) in [4.78, 5) is 27.8. The van der Waals surface area contributed by atoms with Crippen LogP contribution in [0.2, 0.25) is 0 Å². The van der Waals surface area contributed by atoms with Crippen molar-refractivity contribution in [3.8, 4) is 0 Å². The second kappa shape index (κ2) is 9.09. The van der Waals surface area contributed by atoms with Crippen LogP contribution >= 0.6 is 0 Å². The third-order valence-electron chi connectivity index (χ3n) is 5.79. The molecule has 0 spiro atoms. The van der Waals surface area contributed by atoms with Gasteiger partial charge < -0.3 is 10.2 Å². The molecule has 2 fully saturated rings. The fourth-order valence-electron chi connectivity index (χ4n) is 4.12. The third-order valence-corrected chi connectivity index (χ3v) is 7.66. The van der Waals surface area contributed by atoms with Crippen molar-refractivity contribution >= 4 is 33.2 Å². The SMILES string of the molecule is O=C(Nc1ccccc1C(=O)N1CCCCC1)c1cccc(N2CCCCS2(=O)=O)c1. The molecule has 4 rings (SSSR count). The molecule has 8 heteroatoms. The Hall–Kier alpha value is -2.87. The van der Waals surface area contributed by atoms with E-state index in [2.05, 4.69) is 5.32 Å². The molecule has 2 aliphatic heterocycles. The summed E-state index contributed by atoms with van der Waals surface area (Å²) >= 11 is 0. The largest absolute Gasteiger partial charge is 0.339 e. The van der Waals surface area contributed by atoms with Crippen molar-refractivity contribution in [3.05, 3.63) is 59.7 Å². The van der Waals surface area contributed by atoms with Gasteiger partial charge in [0.15, 0.2) is 0 Å². The second-order valence-corrected chi connectivity index (χ2v) is 10.0. The van der Waals surface area contributed by atoms with Gasteiger partial charge in [0.05, 0.1) is 22.7 Å². The minimum absolute atomic E-state index is 0.0799. The van der Waals surface area contributed by atoms with E-state index in [0.29, 0.717) is 35.5 Å². The zero-order valence-corrected chi connectivity index (χ0v) is 18.2. The van der Waals surface area contributed by atoms with Crippen LogP contribution in [0.25, 0.3) is 0 Å². The fraction of sp³-hybridized carbons (Fsp3) is 0.391. The Morgan fingerprint density at radius 1 is 0.839 bits per heavy atom. The van der Waals surface area contributed by atoms with Gasteiger partial charge in [-0.25, -0.2) is 8.42 Å². The smallest absolute Gasteiger partial charge is 0.255 e. The van der Waals surface area contributed by atoms with Gasteiger partial charge in [0, 0.05) is 25.2 Å². The van der Waals surface area contributed by atoms with Gasteiger partial charge in [-0.15, -0.1) is 0 Å². The quantitative estimate of drug-likeness (QED) is 0.787. The number of hydrogen-bond acceptors (Lipinski definition) is 4. The maximum atomic E-state index is 13.0. The van der Waals surface area contributed by atoms with Gasteiger partial charge in [0.2, 0.25) is 10.0 Å². The molecule has 0 atom stereocenters. The highest BCUT2D eigenvalue weighted by Gasteiger charge is 2.27. The molecule has 0 aliphatic carbocycles. The summed E-state index contributed by atoms with van der Waals surface area (Å²) < 4.78 is 26.2. The van der Waals surface area contributed by atoms with Crippen molar-refractivity contribution in [3.63, 3.8) is 0 Å². The number of amides is 2. The van der Waals surface area contributed by atoms with Crippen molar-refractivity contribution in [2.75, 3.05) is 35.0 Å². The van der Waals surface area contributed by atoms with Crippen molar-refractivity contribution in [1.29, 1.82) is 0 Å². The lowest BCUT2D eigenvalue weighted by atomic mass is 10.1. The van der Waals surface area contributed by atoms with Crippen LogP contribution in [0, 0.1) is 0 Å². The molecule has 2 heterocycles. The predicted molar refractivity (Wildman–Crippen MR) is 121 cm³/mol. The third kappa shape index (κ3) is 4.74. The molecule has 1 N–H and O–H groups in total. The zero-order chi connectivity index (χ0) is 21.8. The van der Waals surface area contributed by atoms with Crippen LogP contribution in [-0.4, -0.2) is 50.5 Å². The lowest BCUT2D eigenvalue weighted by molar-refractivity contribution is 0.0725. The fourth-order valence-corrected chi connectivity index (χ4v) is 5.75. The summed E-state index contributed by atoms with van der Waals surface area (Å²) in [7, 11) is -3.36. The van der Waals surface area contributed by atoms with Crippen LogP contribution in [0.5, 0.6) is 0 Å². The van der Waals surface area contributed by atoms with E-state index in [4.69, 9.17) is 0 Å². The highest BCUT2D eigenvalue weighted by molar-refractivity contribution is 7.92. The Kier molecular flexibility index (Phi) is 6.27. The van der Waals surface area contributed by atoms with Gasteiger partial charge in [-0.3, -0.25) is 13.9 Å². The summed E-state index contributed by atoms with van der Waals surface area (Å²) in [6.07, 6.45) is 4.56. The first-order valence-electron chi connectivity index (χ1n) is 10.8. The molecule has 2 aromatic carbocycles. The van der Waals surface area contributed by atoms with E-state index < -0.39 is 10.0 Å². The molecule has 31 heavy (non-hydrogen) atoms. The standard InChI is InChI=1S/C23H27N3O4S/c27-22(18-9-8-10-19(17-18)26-15-6-7-16-31(26,29)30)24-21-12-3-2-11-20(21)23(28)25-13-4-1-5-14-25/h2-3,8-12,17H,1,4-7,13-16H2,(H,24,27). The summed E-state index contributed by atoms with van der Waals surface area (Å²) in [6, 6.07) is 13.6. The lowest BCUT2D eigenvalue weighted by Gasteiger charge is -2.28. The number of carbonyl (C=O) groups excluding carboxylic acids is 2. The lowest BCUT2D eigenvalue weighted by Crippen LogP contribution is -2.38. The Morgan fingerprint density at radius 3 is 2.35 bits per heavy atom. The zero-order valence-electron chi connectivity index (χ0n) is 17.4. The monoisotopic (exact) mass is 441 g/mol. The predicted octanol–water partition coefficient (Wildman–Crippen LogP) is 3.50. The Bertz CT molecular complexity index is 1080.